The van der Waals surface area contributed by atoms with Gasteiger partial charge in [0.2, 0.25) is 0 Å². The van der Waals surface area contributed by atoms with Gasteiger partial charge in [0.05, 0.1) is 6.04 Å². The summed E-state index contributed by atoms with van der Waals surface area (Å²) in [4.78, 5) is 32.1. The lowest BCUT2D eigenvalue weighted by atomic mass is 10.0. The third-order valence-electron chi connectivity index (χ3n) is 4.82. The zero-order valence-electron chi connectivity index (χ0n) is 15.7. The van der Waals surface area contributed by atoms with Gasteiger partial charge in [-0.15, -0.1) is 0 Å². The summed E-state index contributed by atoms with van der Waals surface area (Å²) in [5.41, 5.74) is 1.70. The van der Waals surface area contributed by atoms with Crippen molar-refractivity contribution in [3.05, 3.63) is 111 Å². The van der Waals surface area contributed by atoms with E-state index in [0.29, 0.717) is 22.0 Å². The van der Waals surface area contributed by atoms with Crippen molar-refractivity contribution in [2.75, 3.05) is 0 Å². The van der Waals surface area contributed by atoms with Crippen LogP contribution in [0.1, 0.15) is 33.2 Å². The minimum atomic E-state index is -0.892. The van der Waals surface area contributed by atoms with Crippen LogP contribution in [-0.4, -0.2) is 15.9 Å². The Morgan fingerprint density at radius 2 is 1.90 bits per heavy atom. The lowest BCUT2D eigenvalue weighted by Crippen LogP contribution is -2.30. The lowest BCUT2D eigenvalue weighted by Gasteiger charge is -2.20. The second kappa shape index (κ2) is 8.24. The van der Waals surface area contributed by atoms with Crippen molar-refractivity contribution in [1.82, 2.24) is 15.3 Å². The highest BCUT2D eigenvalue weighted by Gasteiger charge is 2.22. The van der Waals surface area contributed by atoms with E-state index in [1.165, 1.54) is 36.7 Å². The van der Waals surface area contributed by atoms with Crippen LogP contribution in [0.4, 0.5) is 8.78 Å². The van der Waals surface area contributed by atoms with Crippen molar-refractivity contribution in [3.8, 4) is 0 Å². The van der Waals surface area contributed by atoms with Gasteiger partial charge in [0, 0.05) is 34.9 Å². The molecular formula is C23H17F2N3O2. The van der Waals surface area contributed by atoms with Gasteiger partial charge in [-0.05, 0) is 41.5 Å². The van der Waals surface area contributed by atoms with E-state index in [1.54, 1.807) is 36.4 Å². The smallest absolute Gasteiger partial charge is 0.252 e. The largest absolute Gasteiger partial charge is 0.361 e. The van der Waals surface area contributed by atoms with Crippen LogP contribution in [-0.2, 0) is 6.67 Å². The van der Waals surface area contributed by atoms with Crippen LogP contribution in [0, 0.1) is 5.82 Å². The number of H-pyrrole nitrogens is 1. The monoisotopic (exact) mass is 405 g/mol. The Balaban J connectivity index is 1.72. The predicted octanol–water partition coefficient (Wildman–Crippen LogP) is 4.05. The predicted molar refractivity (Wildman–Crippen MR) is 109 cm³/mol. The third kappa shape index (κ3) is 3.82. The fourth-order valence-corrected chi connectivity index (χ4v) is 3.25. The van der Waals surface area contributed by atoms with Crippen LogP contribution < -0.4 is 10.7 Å². The summed E-state index contributed by atoms with van der Waals surface area (Å²) in [7, 11) is 0. The number of hydrogen-bond donors (Lipinski definition) is 2. The molecule has 150 valence electrons. The molecule has 0 spiro atoms. The Hall–Kier alpha value is -3.87. The molecule has 0 aliphatic carbocycles. The lowest BCUT2D eigenvalue weighted by molar-refractivity contribution is 0.0942. The molecule has 1 atom stereocenters. The summed E-state index contributed by atoms with van der Waals surface area (Å²) in [6, 6.07) is 14.3. The second-order valence-corrected chi connectivity index (χ2v) is 6.75. The fourth-order valence-electron chi connectivity index (χ4n) is 3.25. The van der Waals surface area contributed by atoms with Crippen molar-refractivity contribution in [1.29, 1.82) is 0 Å². The summed E-state index contributed by atoms with van der Waals surface area (Å²) in [5, 5.41) is 3.15. The summed E-state index contributed by atoms with van der Waals surface area (Å²) in [6.45, 7) is -0.624. The number of aromatic amines is 1. The van der Waals surface area contributed by atoms with Crippen LogP contribution in [0.5, 0.6) is 0 Å². The van der Waals surface area contributed by atoms with E-state index >= 15 is 0 Å². The van der Waals surface area contributed by atoms with Gasteiger partial charge in [-0.1, -0.05) is 24.3 Å². The van der Waals surface area contributed by atoms with E-state index < -0.39 is 24.4 Å². The van der Waals surface area contributed by atoms with Crippen LogP contribution in [0.2, 0.25) is 0 Å². The van der Waals surface area contributed by atoms with Crippen LogP contribution in [0.25, 0.3) is 10.9 Å². The number of amides is 1. The summed E-state index contributed by atoms with van der Waals surface area (Å²) < 4.78 is 27.3. The Labute approximate surface area is 170 Å². The van der Waals surface area contributed by atoms with Crippen LogP contribution in [0.15, 0.2) is 77.9 Å². The van der Waals surface area contributed by atoms with Crippen LogP contribution >= 0.6 is 0 Å². The van der Waals surface area contributed by atoms with Gasteiger partial charge in [0.15, 0.2) is 5.43 Å². The van der Waals surface area contributed by atoms with Crippen molar-refractivity contribution in [2.24, 2.45) is 0 Å². The molecule has 0 aliphatic heterocycles. The number of nitrogens with zero attached hydrogens (tertiary/aromatic N) is 1. The first-order chi connectivity index (χ1) is 14.6. The third-order valence-corrected chi connectivity index (χ3v) is 4.82. The summed E-state index contributed by atoms with van der Waals surface area (Å²) in [6.07, 6.45) is 2.97. The summed E-state index contributed by atoms with van der Waals surface area (Å²) >= 11 is 0. The number of alkyl halides is 1. The molecule has 30 heavy (non-hydrogen) atoms. The van der Waals surface area contributed by atoms with E-state index in [2.05, 4.69) is 15.3 Å². The summed E-state index contributed by atoms with van der Waals surface area (Å²) in [5.74, 6) is -1.07. The number of carbonyl (C=O) groups excluding carboxylic acids is 1. The van der Waals surface area contributed by atoms with Gasteiger partial charge >= 0.3 is 0 Å². The maximum absolute atomic E-state index is 14.5. The van der Waals surface area contributed by atoms with E-state index in [1.807, 2.05) is 0 Å². The first kappa shape index (κ1) is 19.4. The highest BCUT2D eigenvalue weighted by Crippen LogP contribution is 2.24. The number of aromatic nitrogens is 2. The molecule has 5 nitrogen and oxygen atoms in total. The SMILES string of the molecule is O=C(N[C@@H](c1ccc(CF)cc1)c1ncccc1F)c1ccc2[nH]ccc(=O)c2c1. The number of halogens is 2. The number of fused-ring (bicyclic) bond motifs is 1. The average Bonchev–Trinajstić information content (AvgIpc) is 2.78. The first-order valence-corrected chi connectivity index (χ1v) is 9.24. The minimum absolute atomic E-state index is 0.0393. The highest BCUT2D eigenvalue weighted by molar-refractivity contribution is 5.98. The van der Waals surface area contributed by atoms with Crippen molar-refractivity contribution in [3.63, 3.8) is 0 Å². The zero-order chi connectivity index (χ0) is 21.1. The molecule has 2 aromatic heterocycles. The molecule has 4 rings (SSSR count). The van der Waals surface area contributed by atoms with E-state index in [0.717, 1.165) is 0 Å². The Kier molecular flexibility index (Phi) is 5.34. The molecule has 4 aromatic rings. The average molecular weight is 405 g/mol. The quantitative estimate of drug-likeness (QED) is 0.526. The highest BCUT2D eigenvalue weighted by atomic mass is 19.1. The molecule has 1 amide bonds. The van der Waals surface area contributed by atoms with Crippen molar-refractivity contribution in [2.45, 2.75) is 12.7 Å². The van der Waals surface area contributed by atoms with E-state index in [-0.39, 0.29) is 16.7 Å². The molecule has 0 saturated carbocycles. The van der Waals surface area contributed by atoms with Gasteiger partial charge in [-0.2, -0.15) is 0 Å². The maximum Gasteiger partial charge on any atom is 0.252 e. The zero-order valence-corrected chi connectivity index (χ0v) is 15.7. The molecular weight excluding hydrogens is 388 g/mol. The molecule has 0 unspecified atom stereocenters. The van der Waals surface area contributed by atoms with Crippen molar-refractivity contribution < 1.29 is 13.6 Å². The number of nitrogens with one attached hydrogen (secondary N) is 2. The first-order valence-electron chi connectivity index (χ1n) is 9.24. The fraction of sp³-hybridized carbons (Fsp3) is 0.0870. The standard InChI is InChI=1S/C23H17F2N3O2/c24-13-14-3-5-15(6-4-14)21(22-18(25)2-1-10-27-22)28-23(30)16-7-8-19-17(12-16)20(29)9-11-26-19/h1-12,21H,13H2,(H,26,29)(H,28,30)/t21-/m0/s1. The van der Waals surface area contributed by atoms with Gasteiger partial charge in [-0.3, -0.25) is 14.6 Å². The Morgan fingerprint density at radius 1 is 1.10 bits per heavy atom. The van der Waals surface area contributed by atoms with E-state index in [9.17, 15) is 18.4 Å². The molecule has 2 heterocycles. The van der Waals surface area contributed by atoms with Gasteiger partial charge < -0.3 is 10.3 Å². The number of benzene rings is 2. The maximum atomic E-state index is 14.5. The normalized spacial score (nSPS) is 11.9. The van der Waals surface area contributed by atoms with Gasteiger partial charge in [0.25, 0.3) is 5.91 Å². The number of hydrogen-bond acceptors (Lipinski definition) is 3. The molecule has 7 heteroatoms. The van der Waals surface area contributed by atoms with Crippen molar-refractivity contribution >= 4 is 16.8 Å². The molecule has 0 aliphatic rings. The topological polar surface area (TPSA) is 74.8 Å². The van der Waals surface area contributed by atoms with E-state index in [4.69, 9.17) is 0 Å². The second-order valence-electron chi connectivity index (χ2n) is 6.75. The van der Waals surface area contributed by atoms with Crippen LogP contribution in [0.3, 0.4) is 0 Å². The molecule has 0 radical (unpaired) electrons. The molecule has 2 N–H and O–H groups in total. The molecule has 2 aromatic carbocycles. The van der Waals surface area contributed by atoms with Gasteiger partial charge in [0.1, 0.15) is 18.2 Å². The Bertz CT molecular complexity index is 1270. The molecule has 0 saturated heterocycles. The molecule has 0 fully saturated rings. The number of carbonyl (C=O) groups is 1. The van der Waals surface area contributed by atoms with Gasteiger partial charge in [-0.25, -0.2) is 8.78 Å². The number of rotatable bonds is 5. The minimum Gasteiger partial charge on any atom is -0.361 e. The number of pyridine rings is 2. The molecule has 0 bridgehead atoms. The Morgan fingerprint density at radius 3 is 2.63 bits per heavy atom.